The minimum absolute atomic E-state index is 0.147. The lowest BCUT2D eigenvalue weighted by molar-refractivity contribution is 0.0958. The highest BCUT2D eigenvalue weighted by Gasteiger charge is 2.22. The van der Waals surface area contributed by atoms with E-state index in [1.54, 1.807) is 7.05 Å². The Morgan fingerprint density at radius 2 is 1.81 bits per heavy atom. The smallest absolute Gasteiger partial charge is 0.269 e. The number of aromatic nitrogens is 2. The molecule has 27 heavy (non-hydrogen) atoms. The second-order valence-electron chi connectivity index (χ2n) is 7.12. The van der Waals surface area contributed by atoms with Crippen molar-refractivity contribution in [1.29, 1.82) is 0 Å². The number of amides is 1. The van der Waals surface area contributed by atoms with E-state index < -0.39 is 0 Å². The monoisotopic (exact) mass is 360 g/mol. The topological polar surface area (TPSA) is 58.1 Å². The molecule has 1 aliphatic rings. The van der Waals surface area contributed by atoms with Crippen molar-refractivity contribution in [2.75, 3.05) is 25.0 Å². The molecule has 1 N–H and O–H groups in total. The Bertz CT molecular complexity index is 1010. The normalized spacial score (nSPS) is 14.0. The van der Waals surface area contributed by atoms with E-state index in [2.05, 4.69) is 40.1 Å². The summed E-state index contributed by atoms with van der Waals surface area (Å²) in [6.45, 7) is 6.30. The first-order valence-corrected chi connectivity index (χ1v) is 9.42. The fraction of sp³-hybridized carbons (Fsp3) is 0.318. The van der Waals surface area contributed by atoms with E-state index in [1.165, 1.54) is 24.0 Å². The zero-order chi connectivity index (χ0) is 19.0. The summed E-state index contributed by atoms with van der Waals surface area (Å²) in [6.07, 6.45) is 6.02. The van der Waals surface area contributed by atoms with Crippen LogP contribution in [0.25, 0.3) is 22.0 Å². The Morgan fingerprint density at radius 3 is 2.48 bits per heavy atom. The predicted octanol–water partition coefficient (Wildman–Crippen LogP) is 3.87. The summed E-state index contributed by atoms with van der Waals surface area (Å²) >= 11 is 0. The maximum absolute atomic E-state index is 12.3. The van der Waals surface area contributed by atoms with E-state index in [0.717, 1.165) is 40.8 Å². The van der Waals surface area contributed by atoms with Crippen molar-refractivity contribution in [3.05, 3.63) is 53.5 Å². The van der Waals surface area contributed by atoms with E-state index in [-0.39, 0.29) is 5.91 Å². The lowest BCUT2D eigenvalue weighted by Gasteiger charge is -2.23. The Morgan fingerprint density at radius 1 is 1.11 bits per heavy atom. The van der Waals surface area contributed by atoms with Crippen molar-refractivity contribution in [2.45, 2.75) is 26.7 Å². The standard InChI is InChI=1S/C22H24N4O/c1-14-12-17-21(15(2)20(14)16-6-8-24-9-7-16)19(26-10-4-5-11-26)13-18(25-17)22(27)23-3/h6-9,12-13H,4-5,10-11H2,1-3H3,(H,23,27). The number of aryl methyl sites for hydroxylation is 2. The highest BCUT2D eigenvalue weighted by Crippen LogP contribution is 2.38. The third-order valence-corrected chi connectivity index (χ3v) is 5.40. The van der Waals surface area contributed by atoms with E-state index in [0.29, 0.717) is 5.69 Å². The Labute approximate surface area is 159 Å². The number of nitrogens with zero attached hydrogens (tertiary/aromatic N) is 3. The summed E-state index contributed by atoms with van der Waals surface area (Å²) in [7, 11) is 1.65. The van der Waals surface area contributed by atoms with Crippen molar-refractivity contribution < 1.29 is 4.79 Å². The molecule has 0 unspecified atom stereocenters. The van der Waals surface area contributed by atoms with Gasteiger partial charge < -0.3 is 10.2 Å². The summed E-state index contributed by atoms with van der Waals surface area (Å²) in [4.78, 5) is 23.5. The molecule has 4 rings (SSSR count). The van der Waals surface area contributed by atoms with Gasteiger partial charge in [0.15, 0.2) is 0 Å². The number of fused-ring (bicyclic) bond motifs is 1. The molecule has 2 aromatic heterocycles. The molecule has 3 heterocycles. The minimum Gasteiger partial charge on any atom is -0.371 e. The minimum atomic E-state index is -0.147. The molecular formula is C22H24N4O. The highest BCUT2D eigenvalue weighted by atomic mass is 16.1. The van der Waals surface area contributed by atoms with Crippen molar-refractivity contribution in [3.63, 3.8) is 0 Å². The molecule has 0 radical (unpaired) electrons. The molecule has 1 fully saturated rings. The first-order valence-electron chi connectivity index (χ1n) is 9.42. The first kappa shape index (κ1) is 17.5. The summed E-state index contributed by atoms with van der Waals surface area (Å²) in [5, 5.41) is 3.84. The summed E-state index contributed by atoms with van der Waals surface area (Å²) in [5.41, 5.74) is 7.20. The van der Waals surface area contributed by atoms with E-state index >= 15 is 0 Å². The van der Waals surface area contributed by atoms with Crippen LogP contribution >= 0.6 is 0 Å². The van der Waals surface area contributed by atoms with Crippen LogP contribution in [0.4, 0.5) is 5.69 Å². The van der Waals surface area contributed by atoms with Crippen molar-refractivity contribution in [1.82, 2.24) is 15.3 Å². The second-order valence-corrected chi connectivity index (χ2v) is 7.12. The molecule has 138 valence electrons. The maximum atomic E-state index is 12.3. The van der Waals surface area contributed by atoms with Gasteiger partial charge in [0.1, 0.15) is 5.69 Å². The zero-order valence-corrected chi connectivity index (χ0v) is 16.0. The molecule has 0 saturated carbocycles. The zero-order valence-electron chi connectivity index (χ0n) is 16.0. The average molecular weight is 360 g/mol. The Kier molecular flexibility index (Phi) is 4.52. The molecule has 0 spiro atoms. The van der Waals surface area contributed by atoms with Crippen LogP contribution in [-0.4, -0.2) is 36.0 Å². The van der Waals surface area contributed by atoms with Crippen LogP contribution in [-0.2, 0) is 0 Å². The number of pyridine rings is 2. The SMILES string of the molecule is CNC(=O)c1cc(N2CCCC2)c2c(C)c(-c3ccncc3)c(C)cc2n1. The number of nitrogens with one attached hydrogen (secondary N) is 1. The Hall–Kier alpha value is -2.95. The van der Waals surface area contributed by atoms with Gasteiger partial charge in [-0.3, -0.25) is 9.78 Å². The van der Waals surface area contributed by atoms with Gasteiger partial charge in [0.25, 0.3) is 5.91 Å². The van der Waals surface area contributed by atoms with Gasteiger partial charge in [-0.15, -0.1) is 0 Å². The number of rotatable bonds is 3. The van der Waals surface area contributed by atoms with Gasteiger partial charge in [-0.25, -0.2) is 4.98 Å². The van der Waals surface area contributed by atoms with Gasteiger partial charge in [0, 0.05) is 43.6 Å². The molecule has 1 amide bonds. The van der Waals surface area contributed by atoms with Crippen molar-refractivity contribution in [2.24, 2.45) is 0 Å². The number of carbonyl (C=O) groups is 1. The molecular weight excluding hydrogens is 336 g/mol. The van der Waals surface area contributed by atoms with Gasteiger partial charge in [-0.2, -0.15) is 0 Å². The number of anilines is 1. The van der Waals surface area contributed by atoms with Crippen LogP contribution in [0, 0.1) is 13.8 Å². The Balaban J connectivity index is 2.03. The molecule has 0 bridgehead atoms. The second kappa shape index (κ2) is 6.99. The lowest BCUT2D eigenvalue weighted by Crippen LogP contribution is -2.22. The summed E-state index contributed by atoms with van der Waals surface area (Å²) in [5.74, 6) is -0.147. The van der Waals surface area contributed by atoms with Crippen molar-refractivity contribution in [3.8, 4) is 11.1 Å². The van der Waals surface area contributed by atoms with Crippen LogP contribution in [0.2, 0.25) is 0 Å². The van der Waals surface area contributed by atoms with Crippen LogP contribution in [0.5, 0.6) is 0 Å². The van der Waals surface area contributed by atoms with Gasteiger partial charge in [0.05, 0.1) is 5.52 Å². The highest BCUT2D eigenvalue weighted by molar-refractivity contribution is 6.03. The quantitative estimate of drug-likeness (QED) is 0.770. The third-order valence-electron chi connectivity index (χ3n) is 5.40. The average Bonchev–Trinajstić information content (AvgIpc) is 3.22. The summed E-state index contributed by atoms with van der Waals surface area (Å²) in [6, 6.07) is 8.14. The molecule has 0 aliphatic carbocycles. The van der Waals surface area contributed by atoms with Crippen molar-refractivity contribution >= 4 is 22.5 Å². The number of hydrogen-bond acceptors (Lipinski definition) is 4. The van der Waals surface area contributed by atoms with Crippen LogP contribution in [0.1, 0.15) is 34.5 Å². The number of carbonyl (C=O) groups excluding carboxylic acids is 1. The number of hydrogen-bond donors (Lipinski definition) is 1. The summed E-state index contributed by atoms with van der Waals surface area (Å²) < 4.78 is 0. The molecule has 1 aliphatic heterocycles. The van der Waals surface area contributed by atoms with Crippen LogP contribution in [0.15, 0.2) is 36.7 Å². The fourth-order valence-electron chi connectivity index (χ4n) is 4.15. The first-order chi connectivity index (χ1) is 13.1. The molecule has 5 heteroatoms. The van der Waals surface area contributed by atoms with Crippen LogP contribution < -0.4 is 10.2 Å². The fourth-order valence-corrected chi connectivity index (χ4v) is 4.15. The molecule has 1 saturated heterocycles. The van der Waals surface area contributed by atoms with Gasteiger partial charge in [0.2, 0.25) is 0 Å². The largest absolute Gasteiger partial charge is 0.371 e. The van der Waals surface area contributed by atoms with Gasteiger partial charge in [-0.05, 0) is 73.2 Å². The molecule has 1 aromatic carbocycles. The van der Waals surface area contributed by atoms with Crippen LogP contribution in [0.3, 0.4) is 0 Å². The predicted molar refractivity (Wildman–Crippen MR) is 109 cm³/mol. The van der Waals surface area contributed by atoms with Gasteiger partial charge >= 0.3 is 0 Å². The third kappa shape index (κ3) is 3.03. The molecule has 3 aromatic rings. The van der Waals surface area contributed by atoms with E-state index in [1.807, 2.05) is 30.6 Å². The van der Waals surface area contributed by atoms with Gasteiger partial charge in [-0.1, -0.05) is 0 Å². The lowest BCUT2D eigenvalue weighted by atomic mass is 9.92. The maximum Gasteiger partial charge on any atom is 0.269 e. The van der Waals surface area contributed by atoms with E-state index in [4.69, 9.17) is 0 Å². The number of benzene rings is 1. The van der Waals surface area contributed by atoms with E-state index in [9.17, 15) is 4.79 Å². The molecule has 5 nitrogen and oxygen atoms in total. The molecule has 0 atom stereocenters.